The van der Waals surface area contributed by atoms with Crippen LogP contribution < -0.4 is 0 Å². The van der Waals surface area contributed by atoms with Crippen molar-refractivity contribution in [2.75, 3.05) is 13.1 Å². The van der Waals surface area contributed by atoms with E-state index >= 15 is 0 Å². The molecule has 0 aromatic carbocycles. The zero-order valence-electron chi connectivity index (χ0n) is 9.84. The summed E-state index contributed by atoms with van der Waals surface area (Å²) in [5.41, 5.74) is -0.433. The number of nitrogens with zero attached hydrogens (tertiary/aromatic N) is 2. The quantitative estimate of drug-likeness (QED) is 0.779. The second-order valence-electron chi connectivity index (χ2n) is 4.50. The predicted octanol–water partition coefficient (Wildman–Crippen LogP) is 2.20. The van der Waals surface area contributed by atoms with E-state index in [1.807, 2.05) is 6.07 Å². The molecule has 18 heavy (non-hydrogen) atoms. The number of rotatable bonds is 1. The van der Waals surface area contributed by atoms with Crippen molar-refractivity contribution in [1.29, 1.82) is 0 Å². The van der Waals surface area contributed by atoms with Crippen molar-refractivity contribution in [3.05, 3.63) is 28.5 Å². The Kier molecular flexibility index (Phi) is 3.87. The van der Waals surface area contributed by atoms with Crippen molar-refractivity contribution in [2.24, 2.45) is 0 Å². The van der Waals surface area contributed by atoms with Crippen LogP contribution in [0.4, 0.5) is 4.79 Å². The Bertz CT molecular complexity index is 455. The molecule has 0 radical (unpaired) electrons. The highest BCUT2D eigenvalue weighted by Crippen LogP contribution is 2.32. The first-order valence-electron chi connectivity index (χ1n) is 5.84. The number of halogens is 1. The highest BCUT2D eigenvalue weighted by atomic mass is 79.9. The summed E-state index contributed by atoms with van der Waals surface area (Å²) in [6.45, 7) is 0.797. The Morgan fingerprint density at radius 3 is 2.83 bits per heavy atom. The van der Waals surface area contributed by atoms with Crippen LogP contribution in [0.15, 0.2) is 22.8 Å². The number of pyridine rings is 1. The van der Waals surface area contributed by atoms with E-state index in [0.717, 1.165) is 0 Å². The molecule has 1 aliphatic heterocycles. The van der Waals surface area contributed by atoms with Crippen LogP contribution in [-0.2, 0) is 5.60 Å². The minimum Gasteiger partial charge on any atom is -0.465 e. The van der Waals surface area contributed by atoms with E-state index in [4.69, 9.17) is 5.11 Å². The first kappa shape index (κ1) is 13.3. The highest BCUT2D eigenvalue weighted by molar-refractivity contribution is 9.10. The number of carboxylic acid groups (broad SMARTS) is 1. The molecular formula is C12H15BrN2O3. The summed E-state index contributed by atoms with van der Waals surface area (Å²) in [4.78, 5) is 16.6. The monoisotopic (exact) mass is 314 g/mol. The average molecular weight is 315 g/mol. The van der Waals surface area contributed by atoms with Gasteiger partial charge in [0.25, 0.3) is 0 Å². The molecule has 1 unspecified atom stereocenters. The maximum absolute atomic E-state index is 10.9. The topological polar surface area (TPSA) is 73.7 Å². The maximum atomic E-state index is 10.9. The standard InChI is InChI=1S/C12H15BrN2O3/c13-10-4-1-3-9(14-10)12(18)5-2-7-15(8-6-12)11(16)17/h1,3-4,18H,2,5-8H2,(H,16,17). The third-order valence-corrected chi connectivity index (χ3v) is 3.72. The van der Waals surface area contributed by atoms with Crippen LogP contribution in [0.2, 0.25) is 0 Å². The van der Waals surface area contributed by atoms with Crippen LogP contribution >= 0.6 is 15.9 Å². The minimum absolute atomic E-state index is 0.333. The van der Waals surface area contributed by atoms with Gasteiger partial charge in [0.15, 0.2) is 0 Å². The van der Waals surface area contributed by atoms with E-state index < -0.39 is 11.7 Å². The van der Waals surface area contributed by atoms with Gasteiger partial charge in [0.2, 0.25) is 0 Å². The number of carbonyl (C=O) groups is 1. The Labute approximate surface area is 114 Å². The molecular weight excluding hydrogens is 300 g/mol. The fourth-order valence-corrected chi connectivity index (χ4v) is 2.58. The summed E-state index contributed by atoms with van der Waals surface area (Å²) in [5.74, 6) is 0. The molecule has 0 aliphatic carbocycles. The maximum Gasteiger partial charge on any atom is 0.407 e. The van der Waals surface area contributed by atoms with Gasteiger partial charge in [-0.25, -0.2) is 9.78 Å². The van der Waals surface area contributed by atoms with Gasteiger partial charge in [-0.1, -0.05) is 6.07 Å². The van der Waals surface area contributed by atoms with E-state index in [-0.39, 0.29) is 0 Å². The predicted molar refractivity (Wildman–Crippen MR) is 69.3 cm³/mol. The molecule has 5 nitrogen and oxygen atoms in total. The van der Waals surface area contributed by atoms with Crippen molar-refractivity contribution in [1.82, 2.24) is 9.88 Å². The third kappa shape index (κ3) is 2.81. The molecule has 1 aliphatic rings. The zero-order valence-corrected chi connectivity index (χ0v) is 11.4. The van der Waals surface area contributed by atoms with Gasteiger partial charge in [-0.15, -0.1) is 0 Å². The summed E-state index contributed by atoms with van der Waals surface area (Å²) in [6, 6.07) is 5.40. The molecule has 98 valence electrons. The molecule has 2 heterocycles. The lowest BCUT2D eigenvalue weighted by Crippen LogP contribution is -2.32. The molecule has 0 spiro atoms. The summed E-state index contributed by atoms with van der Waals surface area (Å²) in [6.07, 6.45) is 0.612. The lowest BCUT2D eigenvalue weighted by Gasteiger charge is -2.26. The van der Waals surface area contributed by atoms with Gasteiger partial charge >= 0.3 is 6.09 Å². The largest absolute Gasteiger partial charge is 0.465 e. The fraction of sp³-hybridized carbons (Fsp3) is 0.500. The smallest absolute Gasteiger partial charge is 0.407 e. The molecule has 1 aromatic rings. The minimum atomic E-state index is -1.03. The average Bonchev–Trinajstić information content (AvgIpc) is 2.52. The number of amides is 1. The SMILES string of the molecule is O=C(O)N1CCCC(O)(c2cccc(Br)n2)CC1. The van der Waals surface area contributed by atoms with Crippen molar-refractivity contribution < 1.29 is 15.0 Å². The van der Waals surface area contributed by atoms with Gasteiger partial charge < -0.3 is 15.1 Å². The van der Waals surface area contributed by atoms with Crippen LogP contribution in [-0.4, -0.2) is 39.3 Å². The van der Waals surface area contributed by atoms with E-state index in [9.17, 15) is 9.90 Å². The second kappa shape index (κ2) is 5.24. The van der Waals surface area contributed by atoms with Gasteiger partial charge in [-0.05, 0) is 47.3 Å². The van der Waals surface area contributed by atoms with Crippen molar-refractivity contribution in [3.63, 3.8) is 0 Å². The number of aromatic nitrogens is 1. The van der Waals surface area contributed by atoms with Crippen LogP contribution in [0.1, 0.15) is 25.0 Å². The normalized spacial score (nSPS) is 24.7. The van der Waals surface area contributed by atoms with Crippen molar-refractivity contribution in [2.45, 2.75) is 24.9 Å². The molecule has 2 rings (SSSR count). The number of likely N-dealkylation sites (tertiary alicyclic amines) is 1. The molecule has 1 saturated heterocycles. The lowest BCUT2D eigenvalue weighted by molar-refractivity contribution is 0.0172. The summed E-state index contributed by atoms with van der Waals surface area (Å²) >= 11 is 3.28. The molecule has 1 fully saturated rings. The molecule has 1 aromatic heterocycles. The fourth-order valence-electron chi connectivity index (χ4n) is 2.23. The zero-order chi connectivity index (χ0) is 13.2. The van der Waals surface area contributed by atoms with Crippen LogP contribution in [0.3, 0.4) is 0 Å². The molecule has 1 atom stereocenters. The molecule has 0 saturated carbocycles. The second-order valence-corrected chi connectivity index (χ2v) is 5.31. The van der Waals surface area contributed by atoms with Crippen LogP contribution in [0.5, 0.6) is 0 Å². The van der Waals surface area contributed by atoms with E-state index in [2.05, 4.69) is 20.9 Å². The third-order valence-electron chi connectivity index (χ3n) is 3.28. The van der Waals surface area contributed by atoms with Gasteiger partial charge in [-0.2, -0.15) is 0 Å². The molecule has 6 heteroatoms. The molecule has 0 bridgehead atoms. The Morgan fingerprint density at radius 1 is 1.39 bits per heavy atom. The van der Waals surface area contributed by atoms with Crippen molar-refractivity contribution >= 4 is 22.0 Å². The Morgan fingerprint density at radius 2 is 2.17 bits per heavy atom. The summed E-state index contributed by atoms with van der Waals surface area (Å²) < 4.78 is 0.674. The van der Waals surface area contributed by atoms with E-state index in [1.54, 1.807) is 12.1 Å². The Balaban J connectivity index is 2.19. The number of aliphatic hydroxyl groups is 1. The molecule has 1 amide bonds. The molecule has 2 N–H and O–H groups in total. The van der Waals surface area contributed by atoms with Crippen LogP contribution in [0.25, 0.3) is 0 Å². The van der Waals surface area contributed by atoms with E-state index in [0.29, 0.717) is 42.6 Å². The Hall–Kier alpha value is -1.14. The van der Waals surface area contributed by atoms with Gasteiger partial charge in [-0.3, -0.25) is 0 Å². The van der Waals surface area contributed by atoms with Gasteiger partial charge in [0, 0.05) is 13.1 Å². The van der Waals surface area contributed by atoms with Gasteiger partial charge in [0.05, 0.1) is 5.69 Å². The lowest BCUT2D eigenvalue weighted by atomic mass is 9.91. The summed E-state index contributed by atoms with van der Waals surface area (Å²) in [7, 11) is 0. The first-order valence-corrected chi connectivity index (χ1v) is 6.64. The van der Waals surface area contributed by atoms with Crippen LogP contribution in [0, 0.1) is 0 Å². The van der Waals surface area contributed by atoms with Crippen molar-refractivity contribution in [3.8, 4) is 0 Å². The first-order chi connectivity index (χ1) is 8.51. The van der Waals surface area contributed by atoms with Gasteiger partial charge in [0.1, 0.15) is 10.2 Å². The number of hydrogen-bond donors (Lipinski definition) is 2. The highest BCUT2D eigenvalue weighted by Gasteiger charge is 2.34. The van der Waals surface area contributed by atoms with E-state index in [1.165, 1.54) is 4.90 Å². The summed E-state index contributed by atoms with van der Waals surface area (Å²) in [5, 5.41) is 19.6. The number of hydrogen-bond acceptors (Lipinski definition) is 3.